The summed E-state index contributed by atoms with van der Waals surface area (Å²) in [5.74, 6) is -0.876. The van der Waals surface area contributed by atoms with Crippen molar-refractivity contribution in [3.05, 3.63) is 29.8 Å². The Morgan fingerprint density at radius 1 is 1.47 bits per heavy atom. The topological polar surface area (TPSA) is 75.3 Å². The summed E-state index contributed by atoms with van der Waals surface area (Å²) in [7, 11) is 1.79. The first kappa shape index (κ1) is 14.0. The van der Waals surface area contributed by atoms with Crippen LogP contribution in [-0.4, -0.2) is 30.4 Å². The minimum atomic E-state index is -0.876. The summed E-state index contributed by atoms with van der Waals surface area (Å²) >= 11 is 1.67. The third-order valence-electron chi connectivity index (χ3n) is 2.62. The van der Waals surface area contributed by atoms with E-state index in [0.29, 0.717) is 0 Å². The van der Waals surface area contributed by atoms with Gasteiger partial charge in [-0.1, -0.05) is 12.1 Å². The molecule has 0 radical (unpaired) electrons. The molecule has 0 saturated carbocycles. The predicted octanol–water partition coefficient (Wildman–Crippen LogP) is 1.47. The van der Waals surface area contributed by atoms with Crippen LogP contribution in [-0.2, 0) is 4.79 Å². The number of hydrogen-bond acceptors (Lipinski definition) is 4. The molecule has 94 valence electrons. The molecule has 17 heavy (non-hydrogen) atoms. The van der Waals surface area contributed by atoms with Gasteiger partial charge in [0.25, 0.3) is 0 Å². The van der Waals surface area contributed by atoms with E-state index in [1.54, 1.807) is 18.8 Å². The molecule has 1 aromatic carbocycles. The van der Waals surface area contributed by atoms with Gasteiger partial charge in [0.15, 0.2) is 0 Å². The molecule has 0 aliphatic rings. The van der Waals surface area contributed by atoms with Crippen LogP contribution in [0.5, 0.6) is 0 Å². The minimum absolute atomic E-state index is 0.0458. The highest BCUT2D eigenvalue weighted by Gasteiger charge is 2.20. The fourth-order valence-corrected chi connectivity index (χ4v) is 2.17. The van der Waals surface area contributed by atoms with E-state index in [-0.39, 0.29) is 12.5 Å². The van der Waals surface area contributed by atoms with Gasteiger partial charge < -0.3 is 16.2 Å². The summed E-state index contributed by atoms with van der Waals surface area (Å²) in [6.45, 7) is 0. The second kappa shape index (κ2) is 6.64. The Morgan fingerprint density at radius 3 is 2.47 bits per heavy atom. The molecule has 0 bridgehead atoms. The number of carbonyl (C=O) groups is 1. The molecule has 0 fully saturated rings. The zero-order valence-corrected chi connectivity index (χ0v) is 10.8. The number of nitrogens with two attached hydrogens (primary N) is 1. The molecule has 0 aliphatic carbocycles. The van der Waals surface area contributed by atoms with Gasteiger partial charge in [0.05, 0.1) is 6.42 Å². The average molecular weight is 254 g/mol. The van der Waals surface area contributed by atoms with E-state index in [0.717, 1.165) is 5.56 Å². The molecule has 1 aromatic rings. The van der Waals surface area contributed by atoms with Crippen LogP contribution >= 0.6 is 11.8 Å². The standard InChI is InChI=1S/C12H18N2O2S/c1-14-12(10(13)7-11(15)16)8-3-5-9(17-2)6-4-8/h3-6,10,12,14H,7,13H2,1-2H3,(H,15,16). The lowest BCUT2D eigenvalue weighted by molar-refractivity contribution is -0.137. The van der Waals surface area contributed by atoms with Crippen LogP contribution in [0.3, 0.4) is 0 Å². The van der Waals surface area contributed by atoms with Crippen LogP contribution < -0.4 is 11.1 Å². The highest BCUT2D eigenvalue weighted by molar-refractivity contribution is 7.98. The maximum atomic E-state index is 10.7. The third-order valence-corrected chi connectivity index (χ3v) is 3.37. The first-order valence-electron chi connectivity index (χ1n) is 5.37. The highest BCUT2D eigenvalue weighted by Crippen LogP contribution is 2.21. The summed E-state index contributed by atoms with van der Waals surface area (Å²) in [6, 6.07) is 7.42. The number of carboxylic acid groups (broad SMARTS) is 1. The van der Waals surface area contributed by atoms with E-state index < -0.39 is 12.0 Å². The highest BCUT2D eigenvalue weighted by atomic mass is 32.2. The van der Waals surface area contributed by atoms with Gasteiger partial charge in [-0.3, -0.25) is 4.79 Å². The second-order valence-corrected chi connectivity index (χ2v) is 4.68. The SMILES string of the molecule is CNC(c1ccc(SC)cc1)C(N)CC(=O)O. The smallest absolute Gasteiger partial charge is 0.304 e. The Labute approximate surface area is 106 Å². The molecule has 0 spiro atoms. The molecule has 5 heteroatoms. The van der Waals surface area contributed by atoms with Crippen LogP contribution in [0, 0.1) is 0 Å². The molecule has 2 atom stereocenters. The first-order chi connectivity index (χ1) is 8.08. The van der Waals surface area contributed by atoms with Gasteiger partial charge in [-0.25, -0.2) is 0 Å². The quantitative estimate of drug-likeness (QED) is 0.670. The fraction of sp³-hybridized carbons (Fsp3) is 0.417. The number of likely N-dealkylation sites (N-methyl/N-ethyl adjacent to an activating group) is 1. The van der Waals surface area contributed by atoms with Crippen molar-refractivity contribution in [2.75, 3.05) is 13.3 Å². The largest absolute Gasteiger partial charge is 0.481 e. The van der Waals surface area contributed by atoms with Crippen LogP contribution in [0.25, 0.3) is 0 Å². The van der Waals surface area contributed by atoms with E-state index in [9.17, 15) is 4.79 Å². The van der Waals surface area contributed by atoms with Gasteiger partial charge in [0.2, 0.25) is 0 Å². The summed E-state index contributed by atoms with van der Waals surface area (Å²) in [6.07, 6.45) is 1.97. The molecular weight excluding hydrogens is 236 g/mol. The lowest BCUT2D eigenvalue weighted by Gasteiger charge is -2.22. The van der Waals surface area contributed by atoms with Gasteiger partial charge in [-0.05, 0) is 31.0 Å². The van der Waals surface area contributed by atoms with Crippen molar-refractivity contribution in [2.45, 2.75) is 23.4 Å². The monoisotopic (exact) mass is 254 g/mol. The maximum absolute atomic E-state index is 10.7. The average Bonchev–Trinajstić information content (AvgIpc) is 2.30. The van der Waals surface area contributed by atoms with Crippen molar-refractivity contribution in [3.8, 4) is 0 Å². The number of aliphatic carboxylic acids is 1. The van der Waals surface area contributed by atoms with Crippen LogP contribution in [0.4, 0.5) is 0 Å². The van der Waals surface area contributed by atoms with Crippen molar-refractivity contribution in [1.29, 1.82) is 0 Å². The van der Waals surface area contributed by atoms with Crippen molar-refractivity contribution in [2.24, 2.45) is 5.73 Å². The molecule has 0 heterocycles. The Hall–Kier alpha value is -1.04. The van der Waals surface area contributed by atoms with Gasteiger partial charge >= 0.3 is 5.97 Å². The summed E-state index contributed by atoms with van der Waals surface area (Å²) in [4.78, 5) is 11.8. The number of nitrogens with one attached hydrogen (secondary N) is 1. The number of benzene rings is 1. The molecule has 0 saturated heterocycles. The summed E-state index contributed by atoms with van der Waals surface area (Å²) < 4.78 is 0. The number of thioether (sulfide) groups is 1. The van der Waals surface area contributed by atoms with Crippen LogP contribution in [0.1, 0.15) is 18.0 Å². The Morgan fingerprint density at radius 2 is 2.06 bits per heavy atom. The van der Waals surface area contributed by atoms with E-state index in [2.05, 4.69) is 5.32 Å². The number of rotatable bonds is 6. The Balaban J connectivity index is 2.81. The lowest BCUT2D eigenvalue weighted by Crippen LogP contribution is -2.37. The first-order valence-corrected chi connectivity index (χ1v) is 6.59. The molecule has 4 nitrogen and oxygen atoms in total. The molecule has 0 amide bonds. The van der Waals surface area contributed by atoms with Crippen molar-refractivity contribution >= 4 is 17.7 Å². The normalized spacial score (nSPS) is 14.3. The van der Waals surface area contributed by atoms with Crippen molar-refractivity contribution < 1.29 is 9.90 Å². The van der Waals surface area contributed by atoms with E-state index >= 15 is 0 Å². The van der Waals surface area contributed by atoms with Crippen LogP contribution in [0.2, 0.25) is 0 Å². The van der Waals surface area contributed by atoms with E-state index in [1.807, 2.05) is 30.5 Å². The van der Waals surface area contributed by atoms with Crippen molar-refractivity contribution in [1.82, 2.24) is 5.32 Å². The van der Waals surface area contributed by atoms with E-state index in [4.69, 9.17) is 10.8 Å². The van der Waals surface area contributed by atoms with Crippen LogP contribution in [0.15, 0.2) is 29.2 Å². The third kappa shape index (κ3) is 4.03. The summed E-state index contributed by atoms with van der Waals surface area (Å²) in [5, 5.41) is 11.8. The van der Waals surface area contributed by atoms with Gasteiger partial charge in [0, 0.05) is 17.0 Å². The molecule has 1 rings (SSSR count). The maximum Gasteiger partial charge on any atom is 0.304 e. The Kier molecular flexibility index (Phi) is 5.47. The lowest BCUT2D eigenvalue weighted by atomic mass is 9.98. The number of carboxylic acids is 1. The molecular formula is C12H18N2O2S. The van der Waals surface area contributed by atoms with Gasteiger partial charge in [-0.2, -0.15) is 0 Å². The number of hydrogen-bond donors (Lipinski definition) is 3. The fourth-order valence-electron chi connectivity index (χ4n) is 1.76. The Bertz CT molecular complexity index is 367. The zero-order chi connectivity index (χ0) is 12.8. The zero-order valence-electron chi connectivity index (χ0n) is 10.0. The van der Waals surface area contributed by atoms with Gasteiger partial charge in [-0.15, -0.1) is 11.8 Å². The molecule has 0 aliphatic heterocycles. The molecule has 0 aromatic heterocycles. The van der Waals surface area contributed by atoms with Crippen molar-refractivity contribution in [3.63, 3.8) is 0 Å². The second-order valence-electron chi connectivity index (χ2n) is 3.80. The predicted molar refractivity (Wildman–Crippen MR) is 70.3 cm³/mol. The molecule has 2 unspecified atom stereocenters. The minimum Gasteiger partial charge on any atom is -0.481 e. The summed E-state index contributed by atoms with van der Waals surface area (Å²) in [5.41, 5.74) is 6.90. The molecule has 4 N–H and O–H groups in total. The van der Waals surface area contributed by atoms with Gasteiger partial charge in [0.1, 0.15) is 0 Å². The van der Waals surface area contributed by atoms with E-state index in [1.165, 1.54) is 4.90 Å².